The third-order valence-electron chi connectivity index (χ3n) is 2.83. The van der Waals surface area contributed by atoms with E-state index < -0.39 is 0 Å². The Balaban J connectivity index is 2.26. The molecule has 2 aromatic rings. The van der Waals surface area contributed by atoms with Crippen LogP contribution in [0.15, 0.2) is 18.3 Å². The first kappa shape index (κ1) is 14.0. The van der Waals surface area contributed by atoms with E-state index in [1.165, 1.54) is 6.20 Å². The Labute approximate surface area is 121 Å². The van der Waals surface area contributed by atoms with E-state index in [1.807, 2.05) is 13.8 Å². The first-order valence-electron chi connectivity index (χ1n) is 5.89. The Morgan fingerprint density at radius 3 is 2.68 bits per heavy atom. The molecule has 0 amide bonds. The Kier molecular flexibility index (Phi) is 4.22. The highest BCUT2D eigenvalue weighted by Gasteiger charge is 2.17. The highest BCUT2D eigenvalue weighted by Crippen LogP contribution is 2.22. The molecule has 0 bridgehead atoms. The van der Waals surface area contributed by atoms with E-state index in [0.29, 0.717) is 22.3 Å². The molecule has 19 heavy (non-hydrogen) atoms. The molecule has 0 saturated heterocycles. The normalized spacial score (nSPS) is 10.7. The van der Waals surface area contributed by atoms with Crippen molar-refractivity contribution in [3.8, 4) is 0 Å². The quantitative estimate of drug-likeness (QED) is 0.642. The summed E-state index contributed by atoms with van der Waals surface area (Å²) in [6.07, 6.45) is 1.68. The van der Waals surface area contributed by atoms with Gasteiger partial charge in [-0.05, 0) is 26.0 Å². The molecule has 0 atom stereocenters. The van der Waals surface area contributed by atoms with Gasteiger partial charge in [0, 0.05) is 18.3 Å². The van der Waals surface area contributed by atoms with E-state index in [9.17, 15) is 4.79 Å². The van der Waals surface area contributed by atoms with Crippen LogP contribution in [-0.4, -0.2) is 20.5 Å². The third-order valence-corrected chi connectivity index (χ3v) is 3.55. The molecule has 0 saturated carbocycles. The number of aromatic nitrogens is 3. The van der Waals surface area contributed by atoms with Gasteiger partial charge in [-0.1, -0.05) is 23.2 Å². The minimum absolute atomic E-state index is 0.0549. The lowest BCUT2D eigenvalue weighted by atomic mass is 10.1. The number of ketones is 1. The predicted molar refractivity (Wildman–Crippen MR) is 74.9 cm³/mol. The topological polar surface area (TPSA) is 47.8 Å². The number of carbonyl (C=O) groups is 1. The van der Waals surface area contributed by atoms with Crippen LogP contribution < -0.4 is 0 Å². The van der Waals surface area contributed by atoms with Crippen molar-refractivity contribution < 1.29 is 4.79 Å². The number of pyridine rings is 1. The SMILES string of the molecule is CCn1nc(C)c(Cl)c1CC(=O)c1ccc(Cl)nc1. The van der Waals surface area contributed by atoms with Gasteiger partial charge in [-0.15, -0.1) is 0 Å². The molecule has 0 aliphatic heterocycles. The van der Waals surface area contributed by atoms with Crippen LogP contribution in [0.3, 0.4) is 0 Å². The average Bonchev–Trinajstić information content (AvgIpc) is 2.67. The van der Waals surface area contributed by atoms with Gasteiger partial charge in [-0.3, -0.25) is 9.48 Å². The van der Waals surface area contributed by atoms with E-state index in [2.05, 4.69) is 10.1 Å². The summed E-state index contributed by atoms with van der Waals surface area (Å²) in [5, 5.41) is 5.20. The van der Waals surface area contributed by atoms with Gasteiger partial charge in [0.15, 0.2) is 5.78 Å². The molecular weight excluding hydrogens is 285 g/mol. The molecule has 0 N–H and O–H groups in total. The summed E-state index contributed by atoms with van der Waals surface area (Å²) in [5.74, 6) is -0.0549. The van der Waals surface area contributed by atoms with Crippen LogP contribution in [0, 0.1) is 6.92 Å². The minimum atomic E-state index is -0.0549. The van der Waals surface area contributed by atoms with Crippen molar-refractivity contribution in [2.75, 3.05) is 0 Å². The fourth-order valence-corrected chi connectivity index (χ4v) is 2.15. The number of hydrogen-bond donors (Lipinski definition) is 0. The van der Waals surface area contributed by atoms with Crippen molar-refractivity contribution >= 4 is 29.0 Å². The second-order valence-corrected chi connectivity index (χ2v) is 4.90. The highest BCUT2D eigenvalue weighted by atomic mass is 35.5. The van der Waals surface area contributed by atoms with Gasteiger partial charge in [0.2, 0.25) is 0 Å². The van der Waals surface area contributed by atoms with Crippen molar-refractivity contribution in [3.05, 3.63) is 45.5 Å². The van der Waals surface area contributed by atoms with Gasteiger partial charge in [0.1, 0.15) is 5.15 Å². The standard InChI is InChI=1S/C13H13Cl2N3O/c1-3-18-10(13(15)8(2)17-18)6-11(19)9-4-5-12(14)16-7-9/h4-5,7H,3,6H2,1-2H3. The molecule has 0 unspecified atom stereocenters. The van der Waals surface area contributed by atoms with Crippen LogP contribution >= 0.6 is 23.2 Å². The van der Waals surface area contributed by atoms with E-state index in [1.54, 1.807) is 16.8 Å². The number of carbonyl (C=O) groups excluding carboxylic acids is 1. The molecule has 4 nitrogen and oxygen atoms in total. The van der Waals surface area contributed by atoms with Gasteiger partial charge in [0.25, 0.3) is 0 Å². The van der Waals surface area contributed by atoms with Crippen molar-refractivity contribution in [2.45, 2.75) is 26.8 Å². The van der Waals surface area contributed by atoms with E-state index in [-0.39, 0.29) is 12.2 Å². The number of aryl methyl sites for hydroxylation is 2. The number of rotatable bonds is 4. The fourth-order valence-electron chi connectivity index (χ4n) is 1.83. The van der Waals surface area contributed by atoms with Gasteiger partial charge in [-0.2, -0.15) is 5.10 Å². The Hall–Kier alpha value is -1.39. The van der Waals surface area contributed by atoms with Crippen molar-refractivity contribution in [1.82, 2.24) is 14.8 Å². The summed E-state index contributed by atoms with van der Waals surface area (Å²) < 4.78 is 1.75. The summed E-state index contributed by atoms with van der Waals surface area (Å²) in [6, 6.07) is 3.25. The van der Waals surface area contributed by atoms with E-state index >= 15 is 0 Å². The van der Waals surface area contributed by atoms with Crippen LogP contribution in [0.25, 0.3) is 0 Å². The van der Waals surface area contributed by atoms with Gasteiger partial charge in [-0.25, -0.2) is 4.98 Å². The first-order chi connectivity index (χ1) is 9.02. The summed E-state index contributed by atoms with van der Waals surface area (Å²) in [7, 11) is 0. The van der Waals surface area contributed by atoms with Gasteiger partial charge in [0.05, 0.1) is 22.8 Å². The lowest BCUT2D eigenvalue weighted by Gasteiger charge is -2.05. The van der Waals surface area contributed by atoms with E-state index in [0.717, 1.165) is 11.4 Å². The third kappa shape index (κ3) is 2.96. The molecule has 0 aromatic carbocycles. The Morgan fingerprint density at radius 1 is 1.37 bits per heavy atom. The van der Waals surface area contributed by atoms with Crippen LogP contribution in [0.2, 0.25) is 10.2 Å². The summed E-state index contributed by atoms with van der Waals surface area (Å²) in [6.45, 7) is 4.46. The molecule has 2 aromatic heterocycles. The zero-order valence-corrected chi connectivity index (χ0v) is 12.2. The molecule has 0 spiro atoms. The van der Waals surface area contributed by atoms with Crippen LogP contribution in [0.4, 0.5) is 0 Å². The highest BCUT2D eigenvalue weighted by molar-refractivity contribution is 6.32. The lowest BCUT2D eigenvalue weighted by Crippen LogP contribution is -2.10. The maximum absolute atomic E-state index is 12.2. The average molecular weight is 298 g/mol. The number of nitrogens with zero attached hydrogens (tertiary/aromatic N) is 3. The summed E-state index contributed by atoms with van der Waals surface area (Å²) in [5.41, 5.74) is 1.99. The minimum Gasteiger partial charge on any atom is -0.294 e. The summed E-state index contributed by atoms with van der Waals surface area (Å²) in [4.78, 5) is 16.1. The van der Waals surface area contributed by atoms with Crippen LogP contribution in [0.1, 0.15) is 28.7 Å². The van der Waals surface area contributed by atoms with Crippen LogP contribution in [0.5, 0.6) is 0 Å². The maximum Gasteiger partial charge on any atom is 0.170 e. The summed E-state index contributed by atoms with van der Waals surface area (Å²) >= 11 is 11.9. The van der Waals surface area contributed by atoms with Crippen molar-refractivity contribution in [3.63, 3.8) is 0 Å². The number of halogens is 2. The van der Waals surface area contributed by atoms with E-state index in [4.69, 9.17) is 23.2 Å². The maximum atomic E-state index is 12.2. The van der Waals surface area contributed by atoms with Crippen LogP contribution in [-0.2, 0) is 13.0 Å². The second-order valence-electron chi connectivity index (χ2n) is 4.13. The molecule has 0 radical (unpaired) electrons. The number of hydrogen-bond acceptors (Lipinski definition) is 3. The molecule has 0 fully saturated rings. The monoisotopic (exact) mass is 297 g/mol. The number of Topliss-reactive ketones (excluding diaryl/α,β-unsaturated/α-hetero) is 1. The van der Waals surface area contributed by atoms with Gasteiger partial charge < -0.3 is 0 Å². The fraction of sp³-hybridized carbons (Fsp3) is 0.308. The largest absolute Gasteiger partial charge is 0.294 e. The molecule has 2 rings (SSSR count). The zero-order valence-electron chi connectivity index (χ0n) is 10.7. The first-order valence-corrected chi connectivity index (χ1v) is 6.65. The Bertz CT molecular complexity index is 605. The molecule has 6 heteroatoms. The smallest absolute Gasteiger partial charge is 0.170 e. The lowest BCUT2D eigenvalue weighted by molar-refractivity contribution is 0.0990. The van der Waals surface area contributed by atoms with Gasteiger partial charge >= 0.3 is 0 Å². The zero-order chi connectivity index (χ0) is 14.0. The predicted octanol–water partition coefficient (Wildman–Crippen LogP) is 3.34. The molecule has 100 valence electrons. The van der Waals surface area contributed by atoms with Crippen molar-refractivity contribution in [1.29, 1.82) is 0 Å². The molecule has 0 aliphatic carbocycles. The molecular formula is C13H13Cl2N3O. The molecule has 2 heterocycles. The molecule has 0 aliphatic rings. The Morgan fingerprint density at radius 2 is 2.11 bits per heavy atom. The second kappa shape index (κ2) is 5.72. The van der Waals surface area contributed by atoms with Crippen molar-refractivity contribution in [2.24, 2.45) is 0 Å².